The predicted octanol–water partition coefficient (Wildman–Crippen LogP) is 1.60. The number of hydrogen-bond acceptors (Lipinski definition) is 22. The fourth-order valence-corrected chi connectivity index (χ4v) is 9.14. The molecule has 0 atom stereocenters. The van der Waals surface area contributed by atoms with Crippen LogP contribution in [-0.2, 0) is 62.4 Å². The van der Waals surface area contributed by atoms with Crippen molar-refractivity contribution in [3.8, 4) is 0 Å². The Bertz CT molecular complexity index is 2570. The van der Waals surface area contributed by atoms with Crippen molar-refractivity contribution in [1.29, 1.82) is 0 Å². The number of carboxylic acids is 1. The molecule has 3 aromatic rings. The van der Waals surface area contributed by atoms with Gasteiger partial charge in [-0.25, -0.2) is 63.7 Å². The summed E-state index contributed by atoms with van der Waals surface area (Å²) in [7, 11) is 0. The molecule has 25 nitrogen and oxygen atoms in total. The van der Waals surface area contributed by atoms with Crippen LogP contribution in [0.3, 0.4) is 0 Å². The predicted molar refractivity (Wildman–Crippen MR) is 321 cm³/mol. The largest absolute Gasteiger partial charge is 1.00 e. The van der Waals surface area contributed by atoms with E-state index in [1.54, 1.807) is 14.7 Å². The fraction of sp³-hybridized carbons (Fsp3) is 0.648. The topological polar surface area (TPSA) is 317 Å². The van der Waals surface area contributed by atoms with Gasteiger partial charge in [-0.15, -0.1) is 0 Å². The molecule has 3 aromatic heterocycles. The Kier molecular flexibility index (Phi) is 41.7. The number of fused-ring (bicyclic) bond motifs is 1. The first-order chi connectivity index (χ1) is 39.1. The van der Waals surface area contributed by atoms with Crippen molar-refractivity contribution in [2.75, 3.05) is 57.3 Å². The Balaban J connectivity index is -0.00000105. The van der Waals surface area contributed by atoms with Crippen molar-refractivity contribution in [2.45, 2.75) is 176 Å². The average molecular weight is 1340 g/mol. The van der Waals surface area contributed by atoms with Crippen molar-refractivity contribution >= 4 is 115 Å². The van der Waals surface area contributed by atoms with E-state index in [1.165, 1.54) is 19.0 Å². The van der Waals surface area contributed by atoms with E-state index in [4.69, 9.17) is 87.9 Å². The molecule has 0 aromatic carbocycles. The number of aliphatic carboxylic acids is 1. The van der Waals surface area contributed by atoms with Gasteiger partial charge >= 0.3 is 89.3 Å². The number of aldehydes is 1. The molecule has 4 aliphatic heterocycles. The number of piperidine rings is 3. The van der Waals surface area contributed by atoms with Gasteiger partial charge in [0.15, 0.2) is 0 Å². The van der Waals surface area contributed by atoms with Crippen LogP contribution in [0.25, 0.3) is 0 Å². The molecule has 3 fully saturated rings. The van der Waals surface area contributed by atoms with E-state index >= 15 is 0 Å². The van der Waals surface area contributed by atoms with Crippen LogP contribution in [0.15, 0.2) is 19.0 Å². The van der Waals surface area contributed by atoms with Gasteiger partial charge in [0, 0.05) is 115 Å². The van der Waals surface area contributed by atoms with Gasteiger partial charge in [0.05, 0.1) is 0 Å². The monoisotopic (exact) mass is 1340 g/mol. The maximum Gasteiger partial charge on any atom is 1.00 e. The van der Waals surface area contributed by atoms with Gasteiger partial charge in [-0.3, -0.25) is 0 Å². The first kappa shape index (κ1) is 85.4. The zero-order valence-corrected chi connectivity index (χ0v) is 60.2. The second-order valence-electron chi connectivity index (χ2n) is 22.2. The molecule has 0 spiro atoms. The molecule has 3 amide bonds. The van der Waals surface area contributed by atoms with Crippen LogP contribution < -0.4 is 80.2 Å². The number of ether oxygens (including phenoxy) is 3. The molecule has 3 N–H and O–H groups in total. The molecule has 0 aliphatic carbocycles. The van der Waals surface area contributed by atoms with Gasteiger partial charge < -0.3 is 61.0 Å². The molecular formula is C54H81BCl5N12Na2O13. The zero-order chi connectivity index (χ0) is 63.5. The maximum atomic E-state index is 12.1. The summed E-state index contributed by atoms with van der Waals surface area (Å²) in [6, 6.07) is 1.00. The number of carbonyl (C=O) groups excluding carboxylic acids is 7. The number of nitrogens with two attached hydrogens (primary N) is 1. The minimum Gasteiger partial charge on any atom is -1.00 e. The molecule has 7 rings (SSSR count). The number of amides is 3. The number of carbonyl (C=O) groups is 7. The molecular weight excluding hydrogens is 1260 g/mol. The normalized spacial score (nSPS) is 14.9. The summed E-state index contributed by atoms with van der Waals surface area (Å²) in [5.74, 6) is -1.40. The van der Waals surface area contributed by atoms with Crippen LogP contribution in [0.4, 0.5) is 20.2 Å². The molecule has 33 heteroatoms. The van der Waals surface area contributed by atoms with Crippen molar-refractivity contribution in [3.05, 3.63) is 61.4 Å². The Morgan fingerprint density at radius 2 is 0.943 bits per heavy atom. The third-order valence-electron chi connectivity index (χ3n) is 11.7. The summed E-state index contributed by atoms with van der Waals surface area (Å²) in [4.78, 5) is 113. The summed E-state index contributed by atoms with van der Waals surface area (Å²) < 4.78 is 16.1. The first-order valence-electron chi connectivity index (χ1n) is 27.1. The molecule has 0 saturated carbocycles. The molecule has 0 bridgehead atoms. The first-order valence-corrected chi connectivity index (χ1v) is 28.9. The van der Waals surface area contributed by atoms with Crippen LogP contribution in [0.2, 0.25) is 25.8 Å². The van der Waals surface area contributed by atoms with Gasteiger partial charge in [-0.2, -0.15) is 0 Å². The van der Waals surface area contributed by atoms with Crippen LogP contribution >= 0.6 is 58.0 Å². The van der Waals surface area contributed by atoms with Crippen LogP contribution in [0.5, 0.6) is 0 Å². The maximum absolute atomic E-state index is 12.1. The number of rotatable bonds is 7. The summed E-state index contributed by atoms with van der Waals surface area (Å²) in [5.41, 5.74) is 6.72. The Morgan fingerprint density at radius 1 is 0.598 bits per heavy atom. The SMILES string of the molecule is CC(=O)OOC(C)=O.CC(=O)[O-].CC(C)(C)OC(=O)N1CCC(N)CC1.CC(C)(C)OC(=O)N1CCC(N2CCc3c(Cl)ncnc32)CC1.CC(C)(C)OC(=O)N1CCC(NCCc2c(Cl)ncnc2Cl)CC1.O=CCc1c(Cl)ncnc1Cl.[B].[H-].[Na+].[Na+]. The summed E-state index contributed by atoms with van der Waals surface area (Å²) >= 11 is 29.5. The standard InChI is InChI=1S/C16H24Cl2N4O2.C16H23ClN4O2.C10H20N2O2.C6H4Cl2N2O.C4H6O4.C2H4O2.B.2Na.H/c1-16(2,3)24-15(23)22-8-5-11(6-9-22)19-7-4-12-13(17)20-10-21-14(12)18;1-16(2,3)23-15(22)20-7-4-11(5-8-20)21-9-6-12-13(17)18-10-19-14(12)21;1-10(2,3)14-9(13)12-6-4-8(11)5-7-12;7-5-4(1-2-11)6(8)10-3-9-5;1-3(5)7-8-4(2)6;1-2(3)4;;;;/h10-11,19H,4-9H2,1-3H3;10-11H,4-9H2,1-3H3;8H,4-7,11H2,1-3H3;2-3H,1H2;1-2H3;1H3,(H,3,4);;;;/q;;;;;;;2*+1;-1/p-1. The molecule has 4 aliphatic rings. The number of nitrogens with zero attached hydrogens (tertiary/aromatic N) is 10. The molecule has 7 heterocycles. The number of carboxylic acid groups (broad SMARTS) is 1. The molecule has 475 valence electrons. The van der Waals surface area contributed by atoms with E-state index in [2.05, 4.69) is 49.9 Å². The third-order valence-corrected chi connectivity index (χ3v) is 13.3. The molecule has 3 radical (unpaired) electrons. The van der Waals surface area contributed by atoms with Gasteiger partial charge in [-0.05, 0) is 127 Å². The van der Waals surface area contributed by atoms with Crippen LogP contribution in [-0.4, -0.2) is 183 Å². The number of nitrogens with one attached hydrogen (secondary N) is 1. The number of likely N-dealkylation sites (tertiary alicyclic amines) is 3. The fourth-order valence-electron chi connectivity index (χ4n) is 7.95. The number of aromatic nitrogens is 6. The molecule has 87 heavy (non-hydrogen) atoms. The number of halogens is 5. The molecule has 0 unspecified atom stereocenters. The summed E-state index contributed by atoms with van der Waals surface area (Å²) in [6.45, 7) is 26.1. The quantitative estimate of drug-likeness (QED) is 0.0847. The van der Waals surface area contributed by atoms with Crippen LogP contribution in [0.1, 0.15) is 140 Å². The summed E-state index contributed by atoms with van der Waals surface area (Å²) in [6.07, 6.45) is 11.2. The van der Waals surface area contributed by atoms with E-state index < -0.39 is 34.7 Å². The average Bonchev–Trinajstić information content (AvgIpc) is 1.97. The van der Waals surface area contributed by atoms with E-state index in [9.17, 15) is 28.8 Å². The van der Waals surface area contributed by atoms with Crippen molar-refractivity contribution < 1.29 is 123 Å². The Hall–Kier alpha value is -3.64. The van der Waals surface area contributed by atoms with E-state index in [-0.39, 0.29) is 110 Å². The molecule has 3 saturated heterocycles. The Labute approximate surface area is 583 Å². The van der Waals surface area contributed by atoms with E-state index in [1.807, 2.05) is 62.3 Å². The van der Waals surface area contributed by atoms with Crippen molar-refractivity contribution in [2.24, 2.45) is 5.73 Å². The van der Waals surface area contributed by atoms with Crippen molar-refractivity contribution in [1.82, 2.24) is 49.9 Å². The Morgan fingerprint density at radius 3 is 1.31 bits per heavy atom. The second kappa shape index (κ2) is 42.4. The van der Waals surface area contributed by atoms with Crippen molar-refractivity contribution in [3.63, 3.8) is 0 Å². The van der Waals surface area contributed by atoms with Crippen LogP contribution in [0, 0.1) is 0 Å². The second-order valence-corrected chi connectivity index (χ2v) is 24.0. The number of hydrogen-bond donors (Lipinski definition) is 2. The van der Waals surface area contributed by atoms with Gasteiger partial charge in [0.2, 0.25) is 0 Å². The van der Waals surface area contributed by atoms with E-state index in [0.29, 0.717) is 72.0 Å². The zero-order valence-electron chi connectivity index (χ0n) is 53.4. The van der Waals surface area contributed by atoms with Gasteiger partial charge in [0.25, 0.3) is 0 Å². The third kappa shape index (κ3) is 35.5. The summed E-state index contributed by atoms with van der Waals surface area (Å²) in [5, 5.41) is 14.2. The van der Waals surface area contributed by atoms with Gasteiger partial charge in [-0.1, -0.05) is 58.0 Å². The minimum absolute atomic E-state index is 0. The van der Waals surface area contributed by atoms with Gasteiger partial charge in [0.1, 0.15) is 73.7 Å². The number of anilines is 1. The minimum atomic E-state index is -1.08. The smallest absolute Gasteiger partial charge is 1.00 e. The van der Waals surface area contributed by atoms with E-state index in [0.717, 1.165) is 109 Å².